The van der Waals surface area contributed by atoms with Crippen molar-refractivity contribution in [2.75, 3.05) is 45.7 Å². The van der Waals surface area contributed by atoms with E-state index in [4.69, 9.17) is 19.4 Å². The van der Waals surface area contributed by atoms with Gasteiger partial charge < -0.3 is 40.7 Å². The van der Waals surface area contributed by atoms with Gasteiger partial charge in [-0.3, -0.25) is 9.59 Å². The Hall–Kier alpha value is -5.05. The van der Waals surface area contributed by atoms with E-state index in [-0.39, 0.29) is 38.4 Å². The Labute approximate surface area is 385 Å². The molecule has 354 valence electrons. The van der Waals surface area contributed by atoms with Gasteiger partial charge in [0.15, 0.2) is 5.13 Å². The summed E-state index contributed by atoms with van der Waals surface area (Å²) in [5.41, 5.74) is -0.334. The van der Waals surface area contributed by atoms with E-state index in [9.17, 15) is 32.7 Å². The lowest BCUT2D eigenvalue weighted by atomic mass is 9.86. The van der Waals surface area contributed by atoms with E-state index in [1.807, 2.05) is 58.2 Å². The van der Waals surface area contributed by atoms with Gasteiger partial charge in [-0.1, -0.05) is 45.8 Å². The van der Waals surface area contributed by atoms with E-state index in [0.717, 1.165) is 18.0 Å². The number of benzene rings is 1. The molecule has 4 amide bonds. The van der Waals surface area contributed by atoms with E-state index >= 15 is 0 Å². The van der Waals surface area contributed by atoms with Crippen molar-refractivity contribution in [2.45, 2.75) is 122 Å². The van der Waals surface area contributed by atoms with Crippen LogP contribution in [-0.2, 0) is 24.6 Å². The number of aliphatic carboxylic acids is 1. The molecule has 2 unspecified atom stereocenters. The molecule has 6 atom stereocenters. The first-order chi connectivity index (χ1) is 30.8. The molecule has 7 rings (SSSR count). The predicted octanol–water partition coefficient (Wildman–Crippen LogP) is 4.98. The summed E-state index contributed by atoms with van der Waals surface area (Å²) >= 11 is 1.45. The van der Waals surface area contributed by atoms with E-state index in [2.05, 4.69) is 21.3 Å². The molecule has 20 heteroatoms. The van der Waals surface area contributed by atoms with E-state index in [1.54, 1.807) is 25.3 Å². The molecule has 2 aromatic heterocycles. The Morgan fingerprint density at radius 2 is 1.86 bits per heavy atom. The lowest BCUT2D eigenvalue weighted by Gasteiger charge is -2.39. The Morgan fingerprint density at radius 1 is 1.08 bits per heavy atom. The van der Waals surface area contributed by atoms with Gasteiger partial charge in [0.2, 0.25) is 11.8 Å². The number of pyridine rings is 1. The second-order valence-electron chi connectivity index (χ2n) is 19.0. The number of fused-ring (bicyclic) bond motifs is 3. The Kier molecular flexibility index (Phi) is 14.3. The van der Waals surface area contributed by atoms with Crippen LogP contribution in [0.15, 0.2) is 41.8 Å². The number of aromatic nitrogens is 2. The molecule has 5 N–H and O–H groups in total. The summed E-state index contributed by atoms with van der Waals surface area (Å²) in [6.45, 7) is 10.5. The molecule has 1 saturated carbocycles. The third-order valence-corrected chi connectivity index (χ3v) is 15.4. The molecule has 0 bridgehead atoms. The second-order valence-corrected chi connectivity index (χ2v) is 21.9. The summed E-state index contributed by atoms with van der Waals surface area (Å²) in [4.78, 5) is 67.2. The minimum absolute atomic E-state index is 0.0337. The highest BCUT2D eigenvalue weighted by Gasteiger charge is 2.61. The highest BCUT2D eigenvalue weighted by atomic mass is 32.2. The van der Waals surface area contributed by atoms with Gasteiger partial charge >= 0.3 is 12.0 Å². The smallest absolute Gasteiger partial charge is 0.330 e. The van der Waals surface area contributed by atoms with Crippen LogP contribution in [0.3, 0.4) is 0 Å². The summed E-state index contributed by atoms with van der Waals surface area (Å²) < 4.78 is 41.4. The van der Waals surface area contributed by atoms with Crippen molar-refractivity contribution >= 4 is 61.4 Å². The Morgan fingerprint density at radius 3 is 2.58 bits per heavy atom. The number of anilines is 1. The van der Waals surface area contributed by atoms with Crippen LogP contribution in [0.4, 0.5) is 9.93 Å². The van der Waals surface area contributed by atoms with E-state index < -0.39 is 75.1 Å². The zero-order valence-electron chi connectivity index (χ0n) is 38.3. The number of thiazole rings is 1. The number of carboxylic acids is 1. The number of carboxylic acid groups (broad SMARTS) is 1. The van der Waals surface area contributed by atoms with Crippen molar-refractivity contribution in [2.24, 2.45) is 11.3 Å². The molecule has 3 aromatic rings. The summed E-state index contributed by atoms with van der Waals surface area (Å²) in [5.74, 6) is -1.66. The molecule has 65 heavy (non-hydrogen) atoms. The first-order valence-corrected chi connectivity index (χ1v) is 24.8. The third kappa shape index (κ3) is 10.8. The number of carbonyl (C=O) groups excluding carboxylic acids is 3. The molecule has 2 saturated heterocycles. The minimum atomic E-state index is -3.72. The van der Waals surface area contributed by atoms with Crippen molar-refractivity contribution in [1.29, 1.82) is 0 Å². The highest BCUT2D eigenvalue weighted by molar-refractivity contribution is 7.86. The quantitative estimate of drug-likeness (QED) is 0.161. The lowest BCUT2D eigenvalue weighted by molar-refractivity contribution is -0.145. The van der Waals surface area contributed by atoms with Gasteiger partial charge in [0.1, 0.15) is 40.9 Å². The van der Waals surface area contributed by atoms with Crippen molar-refractivity contribution in [3.05, 3.63) is 41.8 Å². The predicted molar refractivity (Wildman–Crippen MR) is 248 cm³/mol. The summed E-state index contributed by atoms with van der Waals surface area (Å²) in [5, 5.41) is 25.7. The number of allylic oxidation sites excluding steroid dienone is 1. The molecule has 0 radical (unpaired) electrons. The van der Waals surface area contributed by atoms with Crippen LogP contribution < -0.4 is 30.7 Å². The van der Waals surface area contributed by atoms with Crippen molar-refractivity contribution in [3.8, 4) is 22.9 Å². The van der Waals surface area contributed by atoms with Crippen LogP contribution in [0.1, 0.15) is 86.0 Å². The van der Waals surface area contributed by atoms with Crippen LogP contribution in [0, 0.1) is 11.3 Å². The van der Waals surface area contributed by atoms with Gasteiger partial charge in [0, 0.05) is 74.0 Å². The molecular weight excluding hydrogens is 875 g/mol. The summed E-state index contributed by atoms with van der Waals surface area (Å²) in [6.07, 6.45) is 7.03. The van der Waals surface area contributed by atoms with Gasteiger partial charge in [0.05, 0.1) is 24.9 Å². The van der Waals surface area contributed by atoms with Gasteiger partial charge in [-0.2, -0.15) is 17.0 Å². The van der Waals surface area contributed by atoms with Crippen molar-refractivity contribution in [3.63, 3.8) is 0 Å². The van der Waals surface area contributed by atoms with Gasteiger partial charge in [-0.05, 0) is 63.5 Å². The normalized spacial score (nSPS) is 26.5. The maximum atomic E-state index is 15.0. The first-order valence-electron chi connectivity index (χ1n) is 22.5. The zero-order chi connectivity index (χ0) is 46.8. The molecule has 3 fully saturated rings. The van der Waals surface area contributed by atoms with Crippen LogP contribution in [-0.4, -0.2) is 137 Å². The third-order valence-electron chi connectivity index (χ3n) is 12.7. The topological polar surface area (TPSA) is 225 Å². The average molecular weight is 938 g/mol. The number of nitrogens with one attached hydrogen (secondary N) is 4. The first kappa shape index (κ1) is 47.9. The fraction of sp³-hybridized carbons (Fsp3) is 0.600. The number of hydrogen-bond acceptors (Lipinski definition) is 12. The maximum Gasteiger partial charge on any atom is 0.330 e. The molecule has 18 nitrogen and oxygen atoms in total. The van der Waals surface area contributed by atoms with Crippen molar-refractivity contribution in [1.82, 2.24) is 39.4 Å². The monoisotopic (exact) mass is 937 g/mol. The molecule has 1 aromatic carbocycles. The van der Waals surface area contributed by atoms with Crippen LogP contribution in [0.5, 0.6) is 11.5 Å². The largest absolute Gasteiger partial charge is 0.497 e. The van der Waals surface area contributed by atoms with Crippen LogP contribution >= 0.6 is 11.3 Å². The average Bonchev–Trinajstić information content (AvgIpc) is 3.51. The fourth-order valence-electron chi connectivity index (χ4n) is 8.74. The van der Waals surface area contributed by atoms with Crippen LogP contribution in [0.25, 0.3) is 22.3 Å². The number of nitrogens with zero attached hydrogens (tertiary/aromatic N) is 5. The second kappa shape index (κ2) is 19.4. The standard InChI is InChI=1S/C45H63N9O9S2/c1-27(2)46-43-49-35(26-64-43)34-22-37(31-17-16-29(62-7)20-33(31)47-34)63-30-21-36-39(55)51-45(41(57)58)23-28(45)14-11-9-8-10-12-15-32(40(56)54(36)24-30)48-42(59)50-38(44(3,4)5)25-53-19-13-18-52(6)65(53,60)61/h11,14,16-17,20,22,26-28,30,32,36,38H,8-10,12-13,15,18-19,21,23-25H2,1-7H3,(H,46,49)(H,51,55)(H,57,58)(H2,48,50,59)/b14-11-/t28?,30-,32+,36+,38?,45-/m1/s1. The van der Waals surface area contributed by atoms with Gasteiger partial charge in [-0.15, -0.1) is 11.3 Å². The molecular formula is C45H63N9O9S2. The molecule has 3 aliphatic heterocycles. The summed E-state index contributed by atoms with van der Waals surface area (Å²) in [6, 6.07) is 3.89. The highest BCUT2D eigenvalue weighted by Crippen LogP contribution is 2.46. The Bertz CT molecular complexity index is 2400. The molecule has 5 heterocycles. The summed E-state index contributed by atoms with van der Waals surface area (Å²) in [7, 11) is -0.617. The lowest BCUT2D eigenvalue weighted by Crippen LogP contribution is -2.60. The number of methoxy groups -OCH3 is 1. The fourth-order valence-corrected chi connectivity index (χ4v) is 11.0. The SMILES string of the molecule is COc1ccc2c(O[C@@H]3C[C@H]4C(=O)N[C@]5(C(=O)O)CC5/C=C\CCCCC[C@H](NC(=O)NC(CN5CCCN(C)S5(=O)=O)C(C)(C)C)C(=O)N4C3)cc(-c3csc(NC(C)C)n3)nc2c1. The van der Waals surface area contributed by atoms with Crippen molar-refractivity contribution < 1.29 is 42.2 Å². The maximum absolute atomic E-state index is 15.0. The van der Waals surface area contributed by atoms with Crippen LogP contribution in [0.2, 0.25) is 0 Å². The number of hydrogen-bond donors (Lipinski definition) is 5. The number of rotatable bonds is 11. The van der Waals surface area contributed by atoms with Gasteiger partial charge in [0.25, 0.3) is 10.2 Å². The Balaban J connectivity index is 1.19. The zero-order valence-corrected chi connectivity index (χ0v) is 39.9. The molecule has 0 spiro atoms. The number of urea groups is 1. The van der Waals surface area contributed by atoms with Gasteiger partial charge in [-0.25, -0.2) is 19.6 Å². The van der Waals surface area contributed by atoms with E-state index in [0.29, 0.717) is 66.1 Å². The molecule has 4 aliphatic rings. The van der Waals surface area contributed by atoms with E-state index in [1.165, 1.54) is 31.9 Å². The molecule has 1 aliphatic carbocycles. The minimum Gasteiger partial charge on any atom is -0.497 e. The number of carbonyl (C=O) groups is 4. The number of amides is 4. The number of ether oxygens (including phenoxy) is 2.